The molecule has 0 saturated carbocycles. The topological polar surface area (TPSA) is 12.9 Å². The van der Waals surface area contributed by atoms with Crippen molar-refractivity contribution in [2.24, 2.45) is 0 Å². The smallest absolute Gasteiger partial charge is 0.131 e. The molecule has 0 aliphatic rings. The van der Waals surface area contributed by atoms with E-state index in [0.717, 1.165) is 11.3 Å². The van der Waals surface area contributed by atoms with Crippen molar-refractivity contribution in [2.75, 3.05) is 0 Å². The molecule has 1 nitrogen and oxygen atoms in total. The van der Waals surface area contributed by atoms with Crippen molar-refractivity contribution in [2.45, 2.75) is 19.8 Å². The molecule has 2 rings (SSSR count). The van der Waals surface area contributed by atoms with Gasteiger partial charge in [0.25, 0.3) is 0 Å². The quantitative estimate of drug-likeness (QED) is 0.737. The molecule has 82 valence electrons. The van der Waals surface area contributed by atoms with E-state index in [-0.39, 0.29) is 5.82 Å². The van der Waals surface area contributed by atoms with Crippen LogP contribution >= 0.6 is 0 Å². The molecule has 0 atom stereocenters. The summed E-state index contributed by atoms with van der Waals surface area (Å²) in [6.07, 6.45) is 1.73. The maximum atomic E-state index is 13.5. The highest BCUT2D eigenvalue weighted by atomic mass is 19.1. The maximum Gasteiger partial charge on any atom is 0.131 e. The first-order valence-corrected chi connectivity index (χ1v) is 5.39. The molecule has 1 heterocycles. The van der Waals surface area contributed by atoms with E-state index >= 15 is 0 Å². The van der Waals surface area contributed by atoms with E-state index in [9.17, 15) is 4.39 Å². The van der Waals surface area contributed by atoms with Gasteiger partial charge < -0.3 is 0 Å². The fraction of sp³-hybridized carbons (Fsp3) is 0.214. The summed E-state index contributed by atoms with van der Waals surface area (Å²) in [4.78, 5) is 4.33. The molecule has 0 radical (unpaired) electrons. The van der Waals surface area contributed by atoms with E-state index in [1.54, 1.807) is 18.3 Å². The molecule has 0 N–H and O–H groups in total. The van der Waals surface area contributed by atoms with Crippen LogP contribution in [0.5, 0.6) is 0 Å². The van der Waals surface area contributed by atoms with Gasteiger partial charge in [-0.05, 0) is 18.1 Å². The highest BCUT2D eigenvalue weighted by Gasteiger charge is 2.05. The Bertz CT molecular complexity index is 474. The van der Waals surface area contributed by atoms with Gasteiger partial charge in [0.2, 0.25) is 0 Å². The third-order valence-corrected chi connectivity index (χ3v) is 2.56. The number of nitrogens with zero attached hydrogens (tertiary/aromatic N) is 1. The zero-order valence-electron chi connectivity index (χ0n) is 9.44. The van der Waals surface area contributed by atoms with Crippen LogP contribution in [0, 0.1) is 5.82 Å². The van der Waals surface area contributed by atoms with E-state index in [1.165, 1.54) is 6.07 Å². The zero-order chi connectivity index (χ0) is 11.5. The molecule has 2 heteroatoms. The van der Waals surface area contributed by atoms with E-state index in [4.69, 9.17) is 0 Å². The van der Waals surface area contributed by atoms with Crippen molar-refractivity contribution in [3.63, 3.8) is 0 Å². The number of rotatable bonds is 2. The normalized spacial score (nSPS) is 10.8. The molecule has 0 saturated heterocycles. The Morgan fingerprint density at radius 3 is 2.38 bits per heavy atom. The number of hydrogen-bond donors (Lipinski definition) is 0. The number of benzene rings is 1. The molecule has 0 aliphatic heterocycles. The Labute approximate surface area is 95.0 Å². The van der Waals surface area contributed by atoms with Crippen LogP contribution in [0.1, 0.15) is 25.5 Å². The van der Waals surface area contributed by atoms with Crippen LogP contribution in [0.2, 0.25) is 0 Å². The molecule has 0 aliphatic carbocycles. The van der Waals surface area contributed by atoms with Crippen molar-refractivity contribution in [1.82, 2.24) is 4.98 Å². The van der Waals surface area contributed by atoms with Gasteiger partial charge >= 0.3 is 0 Å². The first kappa shape index (κ1) is 10.8. The zero-order valence-corrected chi connectivity index (χ0v) is 9.44. The highest BCUT2D eigenvalue weighted by molar-refractivity contribution is 5.63. The summed E-state index contributed by atoms with van der Waals surface area (Å²) < 4.78 is 13.5. The number of pyridine rings is 1. The van der Waals surface area contributed by atoms with Gasteiger partial charge in [-0.25, -0.2) is 4.39 Å². The van der Waals surface area contributed by atoms with Crippen LogP contribution in [0.25, 0.3) is 11.1 Å². The van der Waals surface area contributed by atoms with Crippen LogP contribution in [0.4, 0.5) is 4.39 Å². The van der Waals surface area contributed by atoms with E-state index in [0.29, 0.717) is 11.5 Å². The van der Waals surface area contributed by atoms with Gasteiger partial charge in [0.1, 0.15) is 5.82 Å². The van der Waals surface area contributed by atoms with Crippen LogP contribution in [0.3, 0.4) is 0 Å². The molecule has 16 heavy (non-hydrogen) atoms. The SMILES string of the molecule is CC(C)c1ccc(-c2ccccc2F)cn1. The molecule has 0 fully saturated rings. The third kappa shape index (κ3) is 2.11. The first-order chi connectivity index (χ1) is 7.68. The molecule has 1 aromatic heterocycles. The lowest BCUT2D eigenvalue weighted by Crippen LogP contribution is -1.92. The van der Waals surface area contributed by atoms with Gasteiger partial charge in [-0.15, -0.1) is 0 Å². The average molecular weight is 215 g/mol. The van der Waals surface area contributed by atoms with Crippen LogP contribution < -0.4 is 0 Å². The Morgan fingerprint density at radius 1 is 1.06 bits per heavy atom. The van der Waals surface area contributed by atoms with Gasteiger partial charge in [0.15, 0.2) is 0 Å². The Hall–Kier alpha value is -1.70. The predicted octanol–water partition coefficient (Wildman–Crippen LogP) is 4.01. The van der Waals surface area contributed by atoms with Crippen LogP contribution in [-0.4, -0.2) is 4.98 Å². The van der Waals surface area contributed by atoms with Crippen molar-refractivity contribution in [3.05, 3.63) is 54.1 Å². The number of aromatic nitrogens is 1. The lowest BCUT2D eigenvalue weighted by Gasteiger charge is -2.06. The summed E-state index contributed by atoms with van der Waals surface area (Å²) in [5.74, 6) is 0.191. The average Bonchev–Trinajstić information content (AvgIpc) is 2.30. The minimum absolute atomic E-state index is 0.207. The minimum Gasteiger partial charge on any atom is -0.260 e. The largest absolute Gasteiger partial charge is 0.260 e. The molecular formula is C14H14FN. The summed E-state index contributed by atoms with van der Waals surface area (Å²) in [6.45, 7) is 4.18. The van der Waals surface area contributed by atoms with Gasteiger partial charge in [0, 0.05) is 23.0 Å². The molecule has 0 amide bonds. The highest BCUT2D eigenvalue weighted by Crippen LogP contribution is 2.22. The van der Waals surface area contributed by atoms with Crippen molar-refractivity contribution in [3.8, 4) is 11.1 Å². The summed E-state index contributed by atoms with van der Waals surface area (Å²) in [5.41, 5.74) is 2.45. The van der Waals surface area contributed by atoms with E-state index in [1.807, 2.05) is 18.2 Å². The standard InChI is InChI=1S/C14H14FN/c1-10(2)14-8-7-11(9-16-14)12-5-3-4-6-13(12)15/h3-10H,1-2H3. The Morgan fingerprint density at radius 2 is 1.81 bits per heavy atom. The van der Waals surface area contributed by atoms with Crippen molar-refractivity contribution in [1.29, 1.82) is 0 Å². The van der Waals surface area contributed by atoms with Crippen LogP contribution in [0.15, 0.2) is 42.6 Å². The molecule has 0 spiro atoms. The van der Waals surface area contributed by atoms with Crippen molar-refractivity contribution < 1.29 is 4.39 Å². The molecule has 2 aromatic rings. The van der Waals surface area contributed by atoms with E-state index < -0.39 is 0 Å². The first-order valence-electron chi connectivity index (χ1n) is 5.39. The van der Waals surface area contributed by atoms with Gasteiger partial charge in [0.05, 0.1) is 0 Å². The molecular weight excluding hydrogens is 201 g/mol. The van der Waals surface area contributed by atoms with Gasteiger partial charge in [-0.3, -0.25) is 4.98 Å². The molecule has 1 aromatic carbocycles. The second-order valence-corrected chi connectivity index (χ2v) is 4.11. The lowest BCUT2D eigenvalue weighted by molar-refractivity contribution is 0.631. The molecule has 0 unspecified atom stereocenters. The number of hydrogen-bond acceptors (Lipinski definition) is 1. The Balaban J connectivity index is 2.39. The summed E-state index contributed by atoms with van der Waals surface area (Å²) >= 11 is 0. The monoisotopic (exact) mass is 215 g/mol. The second kappa shape index (κ2) is 4.44. The summed E-state index contributed by atoms with van der Waals surface area (Å²) in [5, 5.41) is 0. The summed E-state index contributed by atoms with van der Waals surface area (Å²) in [6, 6.07) is 10.6. The van der Waals surface area contributed by atoms with Gasteiger partial charge in [-0.2, -0.15) is 0 Å². The number of halogens is 1. The van der Waals surface area contributed by atoms with Gasteiger partial charge in [-0.1, -0.05) is 38.1 Å². The maximum absolute atomic E-state index is 13.5. The third-order valence-electron chi connectivity index (χ3n) is 2.56. The van der Waals surface area contributed by atoms with Crippen molar-refractivity contribution >= 4 is 0 Å². The lowest BCUT2D eigenvalue weighted by atomic mass is 10.0. The minimum atomic E-state index is -0.207. The predicted molar refractivity (Wildman–Crippen MR) is 63.7 cm³/mol. The fourth-order valence-electron chi connectivity index (χ4n) is 1.60. The summed E-state index contributed by atoms with van der Waals surface area (Å²) in [7, 11) is 0. The van der Waals surface area contributed by atoms with E-state index in [2.05, 4.69) is 18.8 Å². The van der Waals surface area contributed by atoms with Crippen LogP contribution in [-0.2, 0) is 0 Å². The molecule has 0 bridgehead atoms. The fourth-order valence-corrected chi connectivity index (χ4v) is 1.60. The second-order valence-electron chi connectivity index (χ2n) is 4.11. The Kier molecular flexibility index (Phi) is 3.00.